The van der Waals surface area contributed by atoms with E-state index in [2.05, 4.69) is 14.7 Å². The first-order chi connectivity index (χ1) is 14.2. The maximum absolute atomic E-state index is 12.9. The number of nitrogens with zero attached hydrogens (tertiary/aromatic N) is 2. The summed E-state index contributed by atoms with van der Waals surface area (Å²) in [6, 6.07) is 6.54. The minimum atomic E-state index is -3.72. The topological polar surface area (TPSA) is 131 Å². The van der Waals surface area contributed by atoms with Gasteiger partial charge in [0.1, 0.15) is 5.82 Å². The molecule has 2 atom stereocenters. The van der Waals surface area contributed by atoms with Gasteiger partial charge < -0.3 is 15.3 Å². The Kier molecular flexibility index (Phi) is 5.35. The second kappa shape index (κ2) is 7.82. The molecule has 3 aromatic rings. The van der Waals surface area contributed by atoms with Gasteiger partial charge in [0, 0.05) is 24.7 Å². The van der Waals surface area contributed by atoms with Gasteiger partial charge in [-0.2, -0.15) is 0 Å². The highest BCUT2D eigenvalue weighted by molar-refractivity contribution is 7.89. The molecule has 158 valence electrons. The van der Waals surface area contributed by atoms with Crippen LogP contribution in [0.2, 0.25) is 0 Å². The molecule has 0 saturated heterocycles. The van der Waals surface area contributed by atoms with Gasteiger partial charge in [-0.1, -0.05) is 6.07 Å². The quantitative estimate of drug-likeness (QED) is 0.569. The number of anilines is 1. The van der Waals surface area contributed by atoms with E-state index in [1.165, 1.54) is 0 Å². The molecule has 1 fully saturated rings. The Morgan fingerprint density at radius 3 is 2.60 bits per heavy atom. The summed E-state index contributed by atoms with van der Waals surface area (Å²) in [6.45, 7) is 3.65. The van der Waals surface area contributed by atoms with Gasteiger partial charge in [-0.25, -0.2) is 23.1 Å². The number of aliphatic hydroxyl groups excluding tert-OH is 1. The third-order valence-electron chi connectivity index (χ3n) is 5.36. The zero-order valence-corrected chi connectivity index (χ0v) is 17.6. The molecule has 0 aliphatic heterocycles. The summed E-state index contributed by atoms with van der Waals surface area (Å²) < 4.78 is 34.0. The van der Waals surface area contributed by atoms with Crippen LogP contribution < -0.4 is 10.5 Å². The van der Waals surface area contributed by atoms with Crippen LogP contribution in [-0.2, 0) is 10.0 Å². The lowest BCUT2D eigenvalue weighted by atomic mass is 10.0. The first kappa shape index (κ1) is 20.5. The Balaban J connectivity index is 1.70. The number of nitrogens with one attached hydrogen (secondary N) is 1. The Bertz CT molecular complexity index is 1190. The number of aliphatic hydroxyl groups is 1. The average Bonchev–Trinajstić information content (AvgIpc) is 3.30. The summed E-state index contributed by atoms with van der Waals surface area (Å²) in [4.78, 5) is 8.53. The van der Waals surface area contributed by atoms with Crippen LogP contribution in [0.25, 0.3) is 22.5 Å². The number of nitrogen functional groups attached to an aromatic ring is 1. The molecule has 2 aromatic heterocycles. The summed E-state index contributed by atoms with van der Waals surface area (Å²) in [7, 11) is -3.72. The molecule has 0 radical (unpaired) electrons. The predicted molar refractivity (Wildman–Crippen MR) is 113 cm³/mol. The van der Waals surface area contributed by atoms with E-state index in [1.54, 1.807) is 37.5 Å². The van der Waals surface area contributed by atoms with Crippen LogP contribution in [0, 0.1) is 13.8 Å². The largest absolute Gasteiger partial charge is 0.441 e. The molecule has 2 heterocycles. The fourth-order valence-electron chi connectivity index (χ4n) is 3.74. The Morgan fingerprint density at radius 1 is 1.13 bits per heavy atom. The lowest BCUT2D eigenvalue weighted by Gasteiger charge is -2.15. The van der Waals surface area contributed by atoms with Crippen LogP contribution in [-0.4, -0.2) is 35.6 Å². The zero-order valence-electron chi connectivity index (χ0n) is 16.8. The predicted octanol–water partition coefficient (Wildman–Crippen LogP) is 2.79. The van der Waals surface area contributed by atoms with E-state index in [4.69, 9.17) is 10.2 Å². The number of sulfonamides is 1. The van der Waals surface area contributed by atoms with Crippen molar-refractivity contribution in [1.82, 2.24) is 14.7 Å². The molecule has 30 heavy (non-hydrogen) atoms. The Hall–Kier alpha value is -2.75. The molecule has 9 heteroatoms. The van der Waals surface area contributed by atoms with Crippen LogP contribution >= 0.6 is 0 Å². The third kappa shape index (κ3) is 4.09. The SMILES string of the molecule is Cc1ncc(-c2cc(-c3cc(S(=O)(=O)N[C@H]4CC[C@H](O)C4)ccc3C)cnc2N)o1. The molecular formula is C21H24N4O4S. The summed E-state index contributed by atoms with van der Waals surface area (Å²) in [5.74, 6) is 1.32. The number of rotatable bonds is 5. The van der Waals surface area contributed by atoms with Crippen LogP contribution in [0.5, 0.6) is 0 Å². The maximum atomic E-state index is 12.9. The van der Waals surface area contributed by atoms with E-state index in [0.29, 0.717) is 42.3 Å². The normalized spacial score (nSPS) is 19.3. The molecule has 0 bridgehead atoms. The summed E-state index contributed by atoms with van der Waals surface area (Å²) in [6.07, 6.45) is 4.40. The molecule has 1 saturated carbocycles. The van der Waals surface area contributed by atoms with E-state index >= 15 is 0 Å². The van der Waals surface area contributed by atoms with Crippen molar-refractivity contribution in [2.75, 3.05) is 5.73 Å². The van der Waals surface area contributed by atoms with Gasteiger partial charge in [0.05, 0.1) is 22.8 Å². The van der Waals surface area contributed by atoms with Gasteiger partial charge in [-0.15, -0.1) is 0 Å². The van der Waals surface area contributed by atoms with Crippen molar-refractivity contribution in [3.05, 3.63) is 48.1 Å². The van der Waals surface area contributed by atoms with E-state index < -0.39 is 16.1 Å². The first-order valence-corrected chi connectivity index (χ1v) is 11.2. The molecular weight excluding hydrogens is 404 g/mol. The van der Waals surface area contributed by atoms with Gasteiger partial charge >= 0.3 is 0 Å². The van der Waals surface area contributed by atoms with Gasteiger partial charge in [-0.3, -0.25) is 0 Å². The number of benzene rings is 1. The van der Waals surface area contributed by atoms with Crippen LogP contribution in [0.4, 0.5) is 5.82 Å². The monoisotopic (exact) mass is 428 g/mol. The maximum Gasteiger partial charge on any atom is 0.240 e. The molecule has 8 nitrogen and oxygen atoms in total. The number of aryl methyl sites for hydroxylation is 2. The number of oxazole rings is 1. The molecule has 0 unspecified atom stereocenters. The number of pyridine rings is 1. The van der Waals surface area contributed by atoms with E-state index in [0.717, 1.165) is 16.7 Å². The molecule has 1 aliphatic carbocycles. The van der Waals surface area contributed by atoms with E-state index in [-0.39, 0.29) is 10.9 Å². The fraction of sp³-hybridized carbons (Fsp3) is 0.333. The first-order valence-electron chi connectivity index (χ1n) is 9.72. The molecule has 1 aromatic carbocycles. The highest BCUT2D eigenvalue weighted by Gasteiger charge is 2.28. The van der Waals surface area contributed by atoms with E-state index in [1.807, 2.05) is 13.0 Å². The molecule has 1 aliphatic rings. The highest BCUT2D eigenvalue weighted by Crippen LogP contribution is 2.32. The fourth-order valence-corrected chi connectivity index (χ4v) is 5.05. The van der Waals surface area contributed by atoms with Crippen LogP contribution in [0.3, 0.4) is 0 Å². The highest BCUT2D eigenvalue weighted by atomic mass is 32.2. The van der Waals surface area contributed by atoms with Crippen molar-refractivity contribution in [2.45, 2.75) is 50.2 Å². The third-order valence-corrected chi connectivity index (χ3v) is 6.88. The number of hydrogen-bond donors (Lipinski definition) is 3. The second-order valence-electron chi connectivity index (χ2n) is 7.66. The minimum Gasteiger partial charge on any atom is -0.441 e. The number of nitrogens with two attached hydrogens (primary N) is 1. The van der Waals surface area contributed by atoms with Crippen molar-refractivity contribution in [3.8, 4) is 22.5 Å². The van der Waals surface area contributed by atoms with Crippen molar-refractivity contribution < 1.29 is 17.9 Å². The number of aromatic nitrogens is 2. The molecule has 4 N–H and O–H groups in total. The standard InChI is InChI=1S/C21H24N4O4S/c1-12-3-6-17(30(27,28)25-15-4-5-16(26)8-15)9-18(12)14-7-19(21(22)24-10-14)20-11-23-13(2)29-20/h3,6-7,9-11,15-16,25-26H,4-5,8H2,1-2H3,(H2,22,24)/t15-,16-/m0/s1. The Morgan fingerprint density at radius 2 is 1.93 bits per heavy atom. The summed E-state index contributed by atoms with van der Waals surface area (Å²) >= 11 is 0. The summed E-state index contributed by atoms with van der Waals surface area (Å²) in [5.41, 5.74) is 8.97. The van der Waals surface area contributed by atoms with Gasteiger partial charge in [0.15, 0.2) is 11.7 Å². The molecule has 0 amide bonds. The second-order valence-corrected chi connectivity index (χ2v) is 9.38. The van der Waals surface area contributed by atoms with Gasteiger partial charge in [-0.05, 0) is 55.5 Å². The van der Waals surface area contributed by atoms with Crippen molar-refractivity contribution in [2.24, 2.45) is 0 Å². The average molecular weight is 429 g/mol. The Labute approximate surface area is 175 Å². The van der Waals surface area contributed by atoms with Gasteiger partial charge in [0.2, 0.25) is 10.0 Å². The van der Waals surface area contributed by atoms with Crippen LogP contribution in [0.15, 0.2) is 46.0 Å². The van der Waals surface area contributed by atoms with Crippen molar-refractivity contribution >= 4 is 15.8 Å². The smallest absolute Gasteiger partial charge is 0.240 e. The van der Waals surface area contributed by atoms with Crippen LogP contribution in [0.1, 0.15) is 30.7 Å². The number of hydrogen-bond acceptors (Lipinski definition) is 7. The minimum absolute atomic E-state index is 0.165. The zero-order chi connectivity index (χ0) is 21.5. The molecule has 4 rings (SSSR count). The van der Waals surface area contributed by atoms with Crippen molar-refractivity contribution in [3.63, 3.8) is 0 Å². The van der Waals surface area contributed by atoms with Gasteiger partial charge in [0.25, 0.3) is 0 Å². The molecule has 0 spiro atoms. The summed E-state index contributed by atoms with van der Waals surface area (Å²) in [5, 5.41) is 9.68. The van der Waals surface area contributed by atoms with E-state index in [9.17, 15) is 13.5 Å². The van der Waals surface area contributed by atoms with Crippen molar-refractivity contribution in [1.29, 1.82) is 0 Å². The lowest BCUT2D eigenvalue weighted by Crippen LogP contribution is -2.33. The lowest BCUT2D eigenvalue weighted by molar-refractivity contribution is 0.181.